The zero-order chi connectivity index (χ0) is 18.3. The number of hydrogen-bond acceptors (Lipinski definition) is 3. The minimum Gasteiger partial charge on any atom is -0.290 e. The minimum absolute atomic E-state index is 0.173. The van der Waals surface area contributed by atoms with Crippen LogP contribution < -0.4 is 9.62 Å². The van der Waals surface area contributed by atoms with E-state index in [0.29, 0.717) is 16.3 Å². The van der Waals surface area contributed by atoms with Crippen molar-refractivity contribution in [3.63, 3.8) is 0 Å². The number of benzene rings is 2. The average Bonchev–Trinajstić information content (AvgIpc) is 2.59. The Bertz CT molecular complexity index is 863. The molecule has 0 aromatic heterocycles. The first kappa shape index (κ1) is 18.8. The van der Waals surface area contributed by atoms with Crippen LogP contribution in [-0.2, 0) is 10.0 Å². The fourth-order valence-electron chi connectivity index (χ4n) is 2.00. The Kier molecular flexibility index (Phi) is 6.38. The molecule has 0 aliphatic rings. The van der Waals surface area contributed by atoms with Gasteiger partial charge in [-0.25, -0.2) is 17.9 Å². The Morgan fingerprint density at radius 2 is 1.76 bits per heavy atom. The lowest BCUT2D eigenvalue weighted by atomic mass is 10.2. The molecular weight excluding hydrogens is 360 g/mol. The van der Waals surface area contributed by atoms with Crippen molar-refractivity contribution in [3.05, 3.63) is 83.2 Å². The molecule has 2 amide bonds. The second-order valence-corrected chi connectivity index (χ2v) is 7.04. The third-order valence-electron chi connectivity index (χ3n) is 3.16. The SMILES string of the molecule is C=CCN(C(=O)NS(=O)(=O)/C=C/c1ccc(Cl)cc1)c1ccccc1. The molecule has 0 unspecified atom stereocenters. The van der Waals surface area contributed by atoms with Crippen molar-refractivity contribution >= 4 is 39.4 Å². The first-order chi connectivity index (χ1) is 11.9. The quantitative estimate of drug-likeness (QED) is 0.773. The van der Waals surface area contributed by atoms with Gasteiger partial charge in [0.05, 0.1) is 5.41 Å². The van der Waals surface area contributed by atoms with Crippen LogP contribution in [0.2, 0.25) is 5.02 Å². The average molecular weight is 377 g/mol. The van der Waals surface area contributed by atoms with Crippen molar-refractivity contribution in [1.29, 1.82) is 0 Å². The molecule has 2 aromatic rings. The van der Waals surface area contributed by atoms with E-state index in [4.69, 9.17) is 11.6 Å². The van der Waals surface area contributed by atoms with Crippen molar-refractivity contribution in [2.45, 2.75) is 0 Å². The van der Waals surface area contributed by atoms with Gasteiger partial charge in [0.2, 0.25) is 0 Å². The maximum atomic E-state index is 12.3. The maximum absolute atomic E-state index is 12.3. The molecule has 2 aromatic carbocycles. The van der Waals surface area contributed by atoms with E-state index in [-0.39, 0.29) is 6.54 Å². The van der Waals surface area contributed by atoms with Gasteiger partial charge < -0.3 is 0 Å². The molecule has 0 spiro atoms. The molecule has 0 fully saturated rings. The van der Waals surface area contributed by atoms with Gasteiger partial charge in [0.1, 0.15) is 0 Å². The highest BCUT2D eigenvalue weighted by molar-refractivity contribution is 7.93. The summed E-state index contributed by atoms with van der Waals surface area (Å²) in [6.07, 6.45) is 2.90. The standard InChI is InChI=1S/C18H17ClN2O3S/c1-2-13-21(17-6-4-3-5-7-17)18(22)20-25(23,24)14-12-15-8-10-16(19)11-9-15/h2-12,14H,1,13H2,(H,20,22)/b14-12+. The van der Waals surface area contributed by atoms with Gasteiger partial charge in [0.15, 0.2) is 0 Å². The molecule has 0 radical (unpaired) electrons. The van der Waals surface area contributed by atoms with E-state index in [1.165, 1.54) is 17.1 Å². The number of nitrogens with zero attached hydrogens (tertiary/aromatic N) is 1. The van der Waals surface area contributed by atoms with Crippen molar-refractivity contribution in [2.24, 2.45) is 0 Å². The molecule has 2 rings (SSSR count). The van der Waals surface area contributed by atoms with Crippen molar-refractivity contribution in [1.82, 2.24) is 4.72 Å². The fraction of sp³-hybridized carbons (Fsp3) is 0.0556. The number of urea groups is 1. The molecule has 130 valence electrons. The van der Waals surface area contributed by atoms with E-state index in [1.54, 1.807) is 54.6 Å². The number of anilines is 1. The normalized spacial score (nSPS) is 11.2. The topological polar surface area (TPSA) is 66.5 Å². The second-order valence-electron chi connectivity index (χ2n) is 5.04. The summed E-state index contributed by atoms with van der Waals surface area (Å²) in [6, 6.07) is 14.6. The highest BCUT2D eigenvalue weighted by Gasteiger charge is 2.18. The summed E-state index contributed by atoms with van der Waals surface area (Å²) in [5, 5.41) is 1.49. The Hall–Kier alpha value is -2.57. The lowest BCUT2D eigenvalue weighted by molar-refractivity contribution is 0.251. The molecule has 0 bridgehead atoms. The van der Waals surface area contributed by atoms with E-state index < -0.39 is 16.1 Å². The minimum atomic E-state index is -3.95. The molecule has 0 aliphatic carbocycles. The second kappa shape index (κ2) is 8.50. The van der Waals surface area contributed by atoms with Gasteiger partial charge in [0, 0.05) is 17.3 Å². The molecule has 0 heterocycles. The molecule has 1 N–H and O–H groups in total. The van der Waals surface area contributed by atoms with E-state index in [1.807, 2.05) is 4.72 Å². The number of para-hydroxylation sites is 1. The number of hydrogen-bond donors (Lipinski definition) is 1. The zero-order valence-electron chi connectivity index (χ0n) is 13.3. The van der Waals surface area contributed by atoms with Crippen molar-refractivity contribution in [2.75, 3.05) is 11.4 Å². The summed E-state index contributed by atoms with van der Waals surface area (Å²) < 4.78 is 26.3. The number of sulfonamides is 1. The third-order valence-corrected chi connectivity index (χ3v) is 4.37. The lowest BCUT2D eigenvalue weighted by Crippen LogP contribution is -2.42. The molecule has 5 nitrogen and oxygen atoms in total. The van der Waals surface area contributed by atoms with Crippen LogP contribution in [0.5, 0.6) is 0 Å². The van der Waals surface area contributed by atoms with Crippen LogP contribution in [0.15, 0.2) is 72.7 Å². The van der Waals surface area contributed by atoms with Gasteiger partial charge in [-0.2, -0.15) is 0 Å². The molecule has 0 saturated carbocycles. The number of amides is 2. The molecule has 0 saturated heterocycles. The van der Waals surface area contributed by atoms with Gasteiger partial charge in [-0.3, -0.25) is 4.90 Å². The summed E-state index contributed by atoms with van der Waals surface area (Å²) in [5.74, 6) is 0. The van der Waals surface area contributed by atoms with E-state index in [0.717, 1.165) is 5.41 Å². The van der Waals surface area contributed by atoms with Gasteiger partial charge in [0.25, 0.3) is 10.0 Å². The highest BCUT2D eigenvalue weighted by Crippen LogP contribution is 2.14. The lowest BCUT2D eigenvalue weighted by Gasteiger charge is -2.21. The number of halogens is 1. The number of rotatable bonds is 6. The third kappa shape index (κ3) is 5.77. The molecule has 25 heavy (non-hydrogen) atoms. The summed E-state index contributed by atoms with van der Waals surface area (Å²) in [4.78, 5) is 13.6. The smallest absolute Gasteiger partial charge is 0.290 e. The Labute approximate surface area is 152 Å². The van der Waals surface area contributed by atoms with Crippen LogP contribution in [0.25, 0.3) is 6.08 Å². The molecular formula is C18H17ClN2O3S. The summed E-state index contributed by atoms with van der Waals surface area (Å²) >= 11 is 5.78. The van der Waals surface area contributed by atoms with Crippen molar-refractivity contribution < 1.29 is 13.2 Å². The highest BCUT2D eigenvalue weighted by atomic mass is 35.5. The summed E-state index contributed by atoms with van der Waals surface area (Å²) in [5.41, 5.74) is 1.21. The zero-order valence-corrected chi connectivity index (χ0v) is 14.9. The predicted molar refractivity (Wildman–Crippen MR) is 102 cm³/mol. The monoisotopic (exact) mass is 376 g/mol. The van der Waals surface area contributed by atoms with Crippen LogP contribution in [0, 0.1) is 0 Å². The maximum Gasteiger partial charge on any atom is 0.336 e. The van der Waals surface area contributed by atoms with Crippen LogP contribution >= 0.6 is 11.6 Å². The Morgan fingerprint density at radius 1 is 1.12 bits per heavy atom. The Morgan fingerprint density at radius 3 is 2.36 bits per heavy atom. The van der Waals surface area contributed by atoms with Crippen LogP contribution in [0.3, 0.4) is 0 Å². The first-order valence-corrected chi connectivity index (χ1v) is 9.27. The van der Waals surface area contributed by atoms with Crippen LogP contribution in [0.1, 0.15) is 5.56 Å². The Balaban J connectivity index is 2.13. The first-order valence-electron chi connectivity index (χ1n) is 7.35. The molecule has 7 heteroatoms. The van der Waals surface area contributed by atoms with Gasteiger partial charge >= 0.3 is 6.03 Å². The predicted octanol–water partition coefficient (Wildman–Crippen LogP) is 4.04. The van der Waals surface area contributed by atoms with E-state index in [9.17, 15) is 13.2 Å². The van der Waals surface area contributed by atoms with E-state index >= 15 is 0 Å². The summed E-state index contributed by atoms with van der Waals surface area (Å²) in [7, 11) is -3.95. The number of nitrogens with one attached hydrogen (secondary N) is 1. The van der Waals surface area contributed by atoms with Crippen LogP contribution in [-0.4, -0.2) is 21.0 Å². The van der Waals surface area contributed by atoms with E-state index in [2.05, 4.69) is 6.58 Å². The molecule has 0 atom stereocenters. The molecule has 0 aliphatic heterocycles. The largest absolute Gasteiger partial charge is 0.336 e. The van der Waals surface area contributed by atoms with Crippen LogP contribution in [0.4, 0.5) is 10.5 Å². The van der Waals surface area contributed by atoms with Gasteiger partial charge in [-0.1, -0.05) is 48.0 Å². The van der Waals surface area contributed by atoms with Gasteiger partial charge in [-0.05, 0) is 35.9 Å². The van der Waals surface area contributed by atoms with Crippen molar-refractivity contribution in [3.8, 4) is 0 Å². The summed E-state index contributed by atoms with van der Waals surface area (Å²) in [6.45, 7) is 3.76. The van der Waals surface area contributed by atoms with Gasteiger partial charge in [-0.15, -0.1) is 6.58 Å². The fourth-order valence-corrected chi connectivity index (χ4v) is 2.88. The number of carbonyl (C=O) groups is 1. The number of carbonyl (C=O) groups excluding carboxylic acids is 1.